The number of nitrogens with zero attached hydrogens (tertiary/aromatic N) is 3. The zero-order chi connectivity index (χ0) is 20.8. The Bertz CT molecular complexity index is 1260. The fourth-order valence-corrected chi connectivity index (χ4v) is 5.07. The summed E-state index contributed by atoms with van der Waals surface area (Å²) in [5.74, 6) is 1.49. The lowest BCUT2D eigenvalue weighted by Gasteiger charge is -2.24. The van der Waals surface area contributed by atoms with Crippen LogP contribution in [0.2, 0.25) is 0 Å². The smallest absolute Gasteiger partial charge is 0.226 e. The largest absolute Gasteiger partial charge is 0.494 e. The van der Waals surface area contributed by atoms with Crippen LogP contribution >= 0.6 is 11.3 Å². The summed E-state index contributed by atoms with van der Waals surface area (Å²) >= 11 is 1.58. The average Bonchev–Trinajstić information content (AvgIpc) is 3.28. The van der Waals surface area contributed by atoms with Crippen LogP contribution in [-0.2, 0) is 4.79 Å². The van der Waals surface area contributed by atoms with Crippen LogP contribution in [0.15, 0.2) is 42.5 Å². The predicted octanol–water partition coefficient (Wildman–Crippen LogP) is 4.97. The highest BCUT2D eigenvalue weighted by Crippen LogP contribution is 2.41. The van der Waals surface area contributed by atoms with E-state index >= 15 is 0 Å². The molecule has 3 heterocycles. The lowest BCUT2D eigenvalue weighted by molar-refractivity contribution is -0.116. The van der Waals surface area contributed by atoms with Crippen molar-refractivity contribution >= 4 is 33.3 Å². The lowest BCUT2D eigenvalue weighted by atomic mass is 9.86. The highest BCUT2D eigenvalue weighted by atomic mass is 32.1. The Morgan fingerprint density at radius 3 is 2.77 bits per heavy atom. The number of benzene rings is 2. The van der Waals surface area contributed by atoms with Crippen molar-refractivity contribution < 1.29 is 9.53 Å². The number of hydrogen-bond acceptors (Lipinski definition) is 5. The van der Waals surface area contributed by atoms with E-state index in [2.05, 4.69) is 24.4 Å². The first-order valence-corrected chi connectivity index (χ1v) is 10.8. The Labute approximate surface area is 178 Å². The molecule has 152 valence electrons. The molecule has 1 atom stereocenters. The van der Waals surface area contributed by atoms with E-state index in [0.29, 0.717) is 13.0 Å². The molecule has 1 aliphatic rings. The monoisotopic (exact) mass is 418 g/mol. The van der Waals surface area contributed by atoms with E-state index < -0.39 is 0 Å². The Morgan fingerprint density at radius 1 is 1.20 bits per heavy atom. The summed E-state index contributed by atoms with van der Waals surface area (Å²) in [7, 11) is 0. The lowest BCUT2D eigenvalue weighted by Crippen LogP contribution is -2.24. The molecule has 0 saturated heterocycles. The van der Waals surface area contributed by atoms with Crippen molar-refractivity contribution in [2.45, 2.75) is 33.1 Å². The number of rotatable bonds is 4. The maximum Gasteiger partial charge on any atom is 0.226 e. The fourth-order valence-electron chi connectivity index (χ4n) is 4.04. The summed E-state index contributed by atoms with van der Waals surface area (Å²) in [5, 5.41) is 8.56. The van der Waals surface area contributed by atoms with Gasteiger partial charge in [0, 0.05) is 17.9 Å². The molecule has 1 aliphatic heterocycles. The van der Waals surface area contributed by atoms with Crippen LogP contribution in [0.25, 0.3) is 15.3 Å². The summed E-state index contributed by atoms with van der Waals surface area (Å²) in [6.45, 7) is 6.65. The van der Waals surface area contributed by atoms with E-state index in [0.717, 1.165) is 43.7 Å². The van der Waals surface area contributed by atoms with Crippen LogP contribution in [0, 0.1) is 13.8 Å². The van der Waals surface area contributed by atoms with Crippen LogP contribution in [0.4, 0.5) is 5.82 Å². The van der Waals surface area contributed by atoms with Gasteiger partial charge in [0.05, 0.1) is 22.5 Å². The van der Waals surface area contributed by atoms with E-state index in [1.54, 1.807) is 16.0 Å². The summed E-state index contributed by atoms with van der Waals surface area (Å²) < 4.78 is 8.45. The molecule has 4 aromatic rings. The van der Waals surface area contributed by atoms with E-state index in [1.807, 2.05) is 44.2 Å². The van der Waals surface area contributed by atoms with Gasteiger partial charge in [-0.2, -0.15) is 9.78 Å². The van der Waals surface area contributed by atoms with Gasteiger partial charge in [-0.05, 0) is 56.2 Å². The van der Waals surface area contributed by atoms with Gasteiger partial charge in [-0.1, -0.05) is 29.5 Å². The molecule has 0 bridgehead atoms. The Hall–Kier alpha value is -3.19. The first-order chi connectivity index (χ1) is 14.5. The number of carbonyl (C=O) groups excluding carboxylic acids is 1. The molecule has 7 heteroatoms. The Balaban J connectivity index is 1.60. The normalized spacial score (nSPS) is 15.8. The van der Waals surface area contributed by atoms with Gasteiger partial charge in [0.2, 0.25) is 11.0 Å². The summed E-state index contributed by atoms with van der Waals surface area (Å²) in [6.07, 6.45) is 0.395. The van der Waals surface area contributed by atoms with Gasteiger partial charge in [0.15, 0.2) is 0 Å². The standard InChI is InChI=1S/C23H22N4O2S/c1-4-29-16-8-6-15(7-9-16)17-12-20(28)25-22-21(17)14(3)26-27(22)23-24-18-10-5-13(2)11-19(18)30-23/h5-11,17H,4,12H2,1-3H3,(H,25,28)/t17-/m0/s1. The van der Waals surface area contributed by atoms with E-state index in [-0.39, 0.29) is 11.8 Å². The molecular formula is C23H22N4O2S. The number of carbonyl (C=O) groups is 1. The van der Waals surface area contributed by atoms with Crippen molar-refractivity contribution in [3.05, 3.63) is 64.8 Å². The molecule has 1 N–H and O–H groups in total. The first kappa shape index (κ1) is 18.8. The maximum absolute atomic E-state index is 12.6. The van der Waals surface area contributed by atoms with Crippen LogP contribution in [0.1, 0.15) is 41.6 Å². The Kier molecular flexibility index (Phi) is 4.55. The van der Waals surface area contributed by atoms with Gasteiger partial charge < -0.3 is 10.1 Å². The molecule has 0 unspecified atom stereocenters. The third-order valence-corrected chi connectivity index (χ3v) is 6.40. The van der Waals surface area contributed by atoms with Crippen molar-refractivity contribution in [3.63, 3.8) is 0 Å². The molecule has 0 spiro atoms. The number of hydrogen-bond donors (Lipinski definition) is 1. The molecule has 1 amide bonds. The molecule has 0 radical (unpaired) electrons. The summed E-state index contributed by atoms with van der Waals surface area (Å²) in [4.78, 5) is 17.3. The van der Waals surface area contributed by atoms with Crippen LogP contribution in [-0.4, -0.2) is 27.3 Å². The number of thiazole rings is 1. The second-order valence-electron chi connectivity index (χ2n) is 7.53. The van der Waals surface area contributed by atoms with Gasteiger partial charge in [0.1, 0.15) is 11.6 Å². The van der Waals surface area contributed by atoms with Crippen molar-refractivity contribution in [2.24, 2.45) is 0 Å². The molecule has 2 aromatic heterocycles. The van der Waals surface area contributed by atoms with Crippen LogP contribution in [0.3, 0.4) is 0 Å². The van der Waals surface area contributed by atoms with Crippen molar-refractivity contribution in [2.75, 3.05) is 11.9 Å². The number of nitrogens with one attached hydrogen (secondary N) is 1. The molecule has 0 saturated carbocycles. The average molecular weight is 419 g/mol. The quantitative estimate of drug-likeness (QED) is 0.508. The zero-order valence-corrected chi connectivity index (χ0v) is 17.9. The van der Waals surface area contributed by atoms with Gasteiger partial charge >= 0.3 is 0 Å². The minimum absolute atomic E-state index is 0.0144. The summed E-state index contributed by atoms with van der Waals surface area (Å²) in [5.41, 5.74) is 5.17. The molecule has 0 aliphatic carbocycles. The fraction of sp³-hybridized carbons (Fsp3) is 0.261. The van der Waals surface area contributed by atoms with E-state index in [4.69, 9.17) is 14.8 Å². The third kappa shape index (κ3) is 3.15. The molecule has 30 heavy (non-hydrogen) atoms. The molecule has 6 nitrogen and oxygen atoms in total. The van der Waals surface area contributed by atoms with Crippen molar-refractivity contribution in [1.82, 2.24) is 14.8 Å². The predicted molar refractivity (Wildman–Crippen MR) is 119 cm³/mol. The number of anilines is 1. The minimum Gasteiger partial charge on any atom is -0.494 e. The maximum atomic E-state index is 12.6. The third-order valence-electron chi connectivity index (χ3n) is 5.41. The molecular weight excluding hydrogens is 396 g/mol. The number of aromatic nitrogens is 3. The number of aryl methyl sites for hydroxylation is 2. The van der Waals surface area contributed by atoms with Crippen molar-refractivity contribution in [1.29, 1.82) is 0 Å². The van der Waals surface area contributed by atoms with E-state index in [9.17, 15) is 4.79 Å². The SMILES string of the molecule is CCOc1ccc([C@@H]2CC(=O)Nc3c2c(C)nn3-c2nc3ccc(C)cc3s2)cc1. The van der Waals surface area contributed by atoms with Gasteiger partial charge in [-0.15, -0.1) is 0 Å². The Morgan fingerprint density at radius 2 is 2.00 bits per heavy atom. The molecule has 0 fully saturated rings. The van der Waals surface area contributed by atoms with Crippen molar-refractivity contribution in [3.8, 4) is 10.9 Å². The van der Waals surface area contributed by atoms with Gasteiger partial charge in [0.25, 0.3) is 0 Å². The highest BCUT2D eigenvalue weighted by molar-refractivity contribution is 7.20. The van der Waals surface area contributed by atoms with Gasteiger partial charge in [-0.25, -0.2) is 4.98 Å². The highest BCUT2D eigenvalue weighted by Gasteiger charge is 2.33. The number of amides is 1. The minimum atomic E-state index is -0.0465. The number of fused-ring (bicyclic) bond motifs is 2. The molecule has 2 aromatic carbocycles. The summed E-state index contributed by atoms with van der Waals surface area (Å²) in [6, 6.07) is 14.2. The topological polar surface area (TPSA) is 69.0 Å². The second kappa shape index (κ2) is 7.25. The molecule has 5 rings (SSSR count). The van der Waals surface area contributed by atoms with E-state index in [1.165, 1.54) is 5.56 Å². The first-order valence-electron chi connectivity index (χ1n) is 10.0. The number of ether oxygens (including phenoxy) is 1. The van der Waals surface area contributed by atoms with Gasteiger partial charge in [-0.3, -0.25) is 4.79 Å². The zero-order valence-electron chi connectivity index (χ0n) is 17.1. The van der Waals surface area contributed by atoms with Crippen LogP contribution in [0.5, 0.6) is 5.75 Å². The second-order valence-corrected chi connectivity index (χ2v) is 8.54. The van der Waals surface area contributed by atoms with Crippen LogP contribution < -0.4 is 10.1 Å².